The summed E-state index contributed by atoms with van der Waals surface area (Å²) in [6.45, 7) is 1.65. The van der Waals surface area contributed by atoms with E-state index >= 15 is 0 Å². The Bertz CT molecular complexity index is 416. The van der Waals surface area contributed by atoms with Gasteiger partial charge in [0.15, 0.2) is 5.75 Å². The van der Waals surface area contributed by atoms with Crippen molar-refractivity contribution in [3.63, 3.8) is 0 Å². The maximum absolute atomic E-state index is 11.2. The lowest BCUT2D eigenvalue weighted by Gasteiger charge is -2.09. The van der Waals surface area contributed by atoms with Gasteiger partial charge in [0.05, 0.1) is 18.4 Å². The summed E-state index contributed by atoms with van der Waals surface area (Å²) in [6.07, 6.45) is 1.46. The fourth-order valence-electron chi connectivity index (χ4n) is 0.992. The Morgan fingerprint density at radius 3 is 2.93 bits per heavy atom. The van der Waals surface area contributed by atoms with Gasteiger partial charge in [-0.05, 0) is 19.1 Å². The van der Waals surface area contributed by atoms with E-state index in [0.717, 1.165) is 0 Å². The molecule has 1 rings (SSSR count). The first-order valence-electron chi connectivity index (χ1n) is 3.95. The predicted octanol–water partition coefficient (Wildman–Crippen LogP) is 0.784. The molecule has 0 fully saturated rings. The molecule has 1 unspecified atom stereocenters. The molecule has 0 amide bonds. The monoisotopic (exact) mass is 214 g/mol. The second-order valence-corrected chi connectivity index (χ2v) is 4.53. The molecule has 6 heteroatoms. The maximum Gasteiger partial charge on any atom is 0.225 e. The molecule has 0 aliphatic rings. The number of nitrogens with one attached hydrogen (secondary N) is 1. The topological polar surface area (TPSA) is 83.1 Å². The molecule has 1 aromatic rings. The Morgan fingerprint density at radius 1 is 1.71 bits per heavy atom. The maximum atomic E-state index is 11.2. The first kappa shape index (κ1) is 10.8. The molecule has 0 aliphatic carbocycles. The smallest absolute Gasteiger partial charge is 0.225 e. The van der Waals surface area contributed by atoms with E-state index in [-0.39, 0.29) is 0 Å². The van der Waals surface area contributed by atoms with Crippen molar-refractivity contribution in [2.45, 2.75) is 13.0 Å². The average Bonchev–Trinajstić information content (AvgIpc) is 2.53. The van der Waals surface area contributed by atoms with Crippen LogP contribution < -0.4 is 4.72 Å². The Hall–Kier alpha value is -1.32. The molecule has 76 valence electrons. The second kappa shape index (κ2) is 4.26. The van der Waals surface area contributed by atoms with Gasteiger partial charge in [0, 0.05) is 0 Å². The predicted molar refractivity (Wildman–Crippen MR) is 49.7 cm³/mol. The highest BCUT2D eigenvalue weighted by Crippen LogP contribution is 2.13. The van der Waals surface area contributed by atoms with Crippen molar-refractivity contribution in [1.82, 2.24) is 4.72 Å². The number of furan rings is 1. The minimum absolute atomic E-state index is 0.455. The van der Waals surface area contributed by atoms with E-state index in [9.17, 15) is 8.42 Å². The van der Waals surface area contributed by atoms with Gasteiger partial charge in [-0.15, -0.1) is 0 Å². The lowest BCUT2D eigenvalue weighted by atomic mass is 10.3. The number of hydrogen-bond donors (Lipinski definition) is 1. The van der Waals surface area contributed by atoms with Crippen LogP contribution in [0.15, 0.2) is 22.8 Å². The van der Waals surface area contributed by atoms with Crippen LogP contribution in [-0.2, 0) is 10.0 Å². The molecule has 1 atom stereocenters. The van der Waals surface area contributed by atoms with Crippen LogP contribution in [0.4, 0.5) is 0 Å². The molecular formula is C8H10N2O3S. The fraction of sp³-hybridized carbons (Fsp3) is 0.375. The molecule has 0 radical (unpaired) electrons. The van der Waals surface area contributed by atoms with Crippen molar-refractivity contribution in [3.05, 3.63) is 24.2 Å². The molecular weight excluding hydrogens is 204 g/mol. The van der Waals surface area contributed by atoms with Gasteiger partial charge in [0.25, 0.3) is 0 Å². The third-order valence-electron chi connectivity index (χ3n) is 1.58. The number of hydrogen-bond acceptors (Lipinski definition) is 4. The van der Waals surface area contributed by atoms with Crippen LogP contribution >= 0.6 is 0 Å². The van der Waals surface area contributed by atoms with Crippen LogP contribution in [0.2, 0.25) is 0 Å². The van der Waals surface area contributed by atoms with Gasteiger partial charge in [-0.3, -0.25) is 0 Å². The molecule has 0 aliphatic heterocycles. The van der Waals surface area contributed by atoms with Gasteiger partial charge in [-0.1, -0.05) is 0 Å². The summed E-state index contributed by atoms with van der Waals surface area (Å²) in [5.41, 5.74) is 0. The Balaban J connectivity index is 2.67. The molecule has 0 spiro atoms. The number of nitrogens with zero attached hydrogens (tertiary/aromatic N) is 1. The standard InChI is InChI=1S/C8H10N2O3S/c1-7(8-3-2-5-13-8)10-14(11,12)6-4-9/h2-3,5,7,10H,6H2,1H3. The van der Waals surface area contributed by atoms with Gasteiger partial charge >= 0.3 is 0 Å². The molecule has 1 N–H and O–H groups in total. The zero-order chi connectivity index (χ0) is 10.6. The third-order valence-corrected chi connectivity index (χ3v) is 2.80. The number of rotatable bonds is 4. The lowest BCUT2D eigenvalue weighted by Crippen LogP contribution is -2.28. The summed E-state index contributed by atoms with van der Waals surface area (Å²) < 4.78 is 29.6. The Kier molecular flexibility index (Phi) is 3.28. The van der Waals surface area contributed by atoms with Crippen molar-refractivity contribution in [3.8, 4) is 6.07 Å². The van der Waals surface area contributed by atoms with E-state index in [1.165, 1.54) is 6.26 Å². The number of sulfonamides is 1. The molecule has 0 bridgehead atoms. The van der Waals surface area contributed by atoms with Crippen molar-refractivity contribution in [2.24, 2.45) is 0 Å². The van der Waals surface area contributed by atoms with Crippen molar-refractivity contribution in [1.29, 1.82) is 5.26 Å². The normalized spacial score (nSPS) is 13.4. The van der Waals surface area contributed by atoms with Gasteiger partial charge < -0.3 is 4.42 Å². The molecule has 1 heterocycles. The molecule has 0 aromatic carbocycles. The first-order valence-corrected chi connectivity index (χ1v) is 5.61. The minimum Gasteiger partial charge on any atom is -0.468 e. The highest BCUT2D eigenvalue weighted by Gasteiger charge is 2.16. The summed E-state index contributed by atoms with van der Waals surface area (Å²) in [6, 6.07) is 4.46. The van der Waals surface area contributed by atoms with Crippen LogP contribution in [0.5, 0.6) is 0 Å². The van der Waals surface area contributed by atoms with E-state index in [1.54, 1.807) is 25.1 Å². The van der Waals surface area contributed by atoms with Gasteiger partial charge in [0.1, 0.15) is 5.76 Å². The SMILES string of the molecule is CC(NS(=O)(=O)CC#N)c1ccco1. The molecule has 0 saturated heterocycles. The van der Waals surface area contributed by atoms with E-state index in [2.05, 4.69) is 4.72 Å². The van der Waals surface area contributed by atoms with Crippen LogP contribution in [0.25, 0.3) is 0 Å². The van der Waals surface area contributed by atoms with Crippen molar-refractivity contribution < 1.29 is 12.8 Å². The third kappa shape index (κ3) is 2.87. The highest BCUT2D eigenvalue weighted by atomic mass is 32.2. The van der Waals surface area contributed by atoms with E-state index in [0.29, 0.717) is 5.76 Å². The van der Waals surface area contributed by atoms with E-state index in [4.69, 9.17) is 9.68 Å². The second-order valence-electron chi connectivity index (χ2n) is 2.77. The Morgan fingerprint density at radius 2 is 2.43 bits per heavy atom. The van der Waals surface area contributed by atoms with Crippen LogP contribution in [-0.4, -0.2) is 14.2 Å². The van der Waals surface area contributed by atoms with E-state index < -0.39 is 21.8 Å². The average molecular weight is 214 g/mol. The summed E-state index contributed by atoms with van der Waals surface area (Å²) in [4.78, 5) is 0. The minimum atomic E-state index is -3.53. The van der Waals surface area contributed by atoms with Crippen molar-refractivity contribution >= 4 is 10.0 Å². The van der Waals surface area contributed by atoms with Gasteiger partial charge in [0.2, 0.25) is 10.0 Å². The van der Waals surface area contributed by atoms with Crippen LogP contribution in [0.3, 0.4) is 0 Å². The molecule has 5 nitrogen and oxygen atoms in total. The highest BCUT2D eigenvalue weighted by molar-refractivity contribution is 7.89. The number of nitriles is 1. The van der Waals surface area contributed by atoms with Gasteiger partial charge in [-0.2, -0.15) is 5.26 Å². The Labute approximate surface area is 82.4 Å². The summed E-state index contributed by atoms with van der Waals surface area (Å²) in [7, 11) is -3.53. The lowest BCUT2D eigenvalue weighted by molar-refractivity contribution is 0.460. The largest absolute Gasteiger partial charge is 0.468 e. The fourth-order valence-corrected chi connectivity index (χ4v) is 1.90. The summed E-state index contributed by atoms with van der Waals surface area (Å²) >= 11 is 0. The molecule has 14 heavy (non-hydrogen) atoms. The molecule has 1 aromatic heterocycles. The van der Waals surface area contributed by atoms with E-state index in [1.807, 2.05) is 0 Å². The van der Waals surface area contributed by atoms with Crippen LogP contribution in [0, 0.1) is 11.3 Å². The zero-order valence-corrected chi connectivity index (χ0v) is 8.41. The van der Waals surface area contributed by atoms with Gasteiger partial charge in [-0.25, -0.2) is 13.1 Å². The van der Waals surface area contributed by atoms with Crippen molar-refractivity contribution in [2.75, 3.05) is 5.75 Å². The zero-order valence-electron chi connectivity index (χ0n) is 7.60. The quantitative estimate of drug-likeness (QED) is 0.802. The molecule has 0 saturated carbocycles. The van der Waals surface area contributed by atoms with Crippen LogP contribution in [0.1, 0.15) is 18.7 Å². The first-order chi connectivity index (χ1) is 6.55. The summed E-state index contributed by atoms with van der Waals surface area (Å²) in [5, 5.41) is 8.25. The summed E-state index contributed by atoms with van der Waals surface area (Å²) in [5.74, 6) is -0.0237.